The zero-order valence-electron chi connectivity index (χ0n) is 14.9. The lowest BCUT2D eigenvalue weighted by atomic mass is 9.46. The smallest absolute Gasteiger partial charge is 0.309 e. The van der Waals surface area contributed by atoms with Gasteiger partial charge in [-0.05, 0) is 69.6 Å². The number of fused-ring (bicyclic) bond motifs is 1. The number of carbonyl (C=O) groups is 1. The summed E-state index contributed by atoms with van der Waals surface area (Å²) in [5.41, 5.74) is 1.96. The Morgan fingerprint density at radius 3 is 2.70 bits per heavy atom. The molecule has 4 atom stereocenters. The molecular formula is C20H32O3. The van der Waals surface area contributed by atoms with Gasteiger partial charge in [0.05, 0.1) is 12.0 Å². The summed E-state index contributed by atoms with van der Waals surface area (Å²) < 4.78 is 0. The minimum Gasteiger partial charge on any atom is -0.481 e. The fourth-order valence-corrected chi connectivity index (χ4v) is 5.37. The maximum atomic E-state index is 12.0. The van der Waals surface area contributed by atoms with E-state index < -0.39 is 11.4 Å². The van der Waals surface area contributed by atoms with Crippen molar-refractivity contribution in [3.63, 3.8) is 0 Å². The first-order chi connectivity index (χ1) is 10.8. The van der Waals surface area contributed by atoms with Crippen molar-refractivity contribution in [2.45, 2.75) is 65.7 Å². The Morgan fingerprint density at radius 2 is 2.09 bits per heavy atom. The summed E-state index contributed by atoms with van der Waals surface area (Å²) in [6.07, 6.45) is 8.65. The van der Waals surface area contributed by atoms with Crippen molar-refractivity contribution in [1.29, 1.82) is 0 Å². The number of rotatable bonds is 5. The monoisotopic (exact) mass is 320 g/mol. The predicted octanol–water partition coefficient (Wildman–Crippen LogP) is 4.57. The molecule has 2 saturated carbocycles. The molecule has 2 fully saturated rings. The van der Waals surface area contributed by atoms with Gasteiger partial charge in [0.25, 0.3) is 0 Å². The van der Waals surface area contributed by atoms with Crippen LogP contribution in [0.4, 0.5) is 0 Å². The average Bonchev–Trinajstić information content (AvgIpc) is 2.46. The van der Waals surface area contributed by atoms with Crippen LogP contribution < -0.4 is 0 Å². The van der Waals surface area contributed by atoms with Crippen LogP contribution in [-0.2, 0) is 4.79 Å². The molecule has 0 aromatic carbocycles. The molecule has 0 aromatic heterocycles. The molecule has 2 aliphatic rings. The van der Waals surface area contributed by atoms with E-state index in [0.29, 0.717) is 5.92 Å². The lowest BCUT2D eigenvalue weighted by Gasteiger charge is -2.57. The summed E-state index contributed by atoms with van der Waals surface area (Å²) in [4.78, 5) is 12.0. The van der Waals surface area contributed by atoms with Crippen molar-refractivity contribution < 1.29 is 15.0 Å². The molecular weight excluding hydrogens is 288 g/mol. The van der Waals surface area contributed by atoms with E-state index in [4.69, 9.17) is 5.11 Å². The number of hydrogen-bond donors (Lipinski definition) is 2. The van der Waals surface area contributed by atoms with Crippen LogP contribution in [0, 0.1) is 22.7 Å². The predicted molar refractivity (Wildman–Crippen MR) is 93.1 cm³/mol. The van der Waals surface area contributed by atoms with Crippen LogP contribution in [0.15, 0.2) is 23.8 Å². The van der Waals surface area contributed by atoms with Gasteiger partial charge in [0, 0.05) is 0 Å². The van der Waals surface area contributed by atoms with E-state index in [0.717, 1.165) is 44.9 Å². The third kappa shape index (κ3) is 3.26. The summed E-state index contributed by atoms with van der Waals surface area (Å²) in [5.74, 6) is -0.00260. The first kappa shape index (κ1) is 18.3. The van der Waals surface area contributed by atoms with Gasteiger partial charge in [-0.3, -0.25) is 4.79 Å². The fourth-order valence-electron chi connectivity index (χ4n) is 5.37. The van der Waals surface area contributed by atoms with Crippen molar-refractivity contribution in [3.8, 4) is 0 Å². The molecule has 23 heavy (non-hydrogen) atoms. The lowest BCUT2D eigenvalue weighted by Crippen LogP contribution is -2.53. The number of carboxylic acid groups (broad SMARTS) is 1. The zero-order chi connectivity index (χ0) is 17.3. The molecule has 0 bridgehead atoms. The number of carboxylic acids is 1. The van der Waals surface area contributed by atoms with E-state index >= 15 is 0 Å². The van der Waals surface area contributed by atoms with Crippen molar-refractivity contribution in [2.24, 2.45) is 22.7 Å². The molecule has 3 nitrogen and oxygen atoms in total. The van der Waals surface area contributed by atoms with E-state index in [1.165, 1.54) is 11.1 Å². The van der Waals surface area contributed by atoms with Crippen LogP contribution in [0.25, 0.3) is 0 Å². The molecule has 3 heteroatoms. The zero-order valence-corrected chi connectivity index (χ0v) is 14.9. The number of allylic oxidation sites excluding steroid dienone is 2. The summed E-state index contributed by atoms with van der Waals surface area (Å²) in [6.45, 7) is 10.7. The van der Waals surface area contributed by atoms with Crippen LogP contribution in [0.5, 0.6) is 0 Å². The maximum absolute atomic E-state index is 12.0. The molecule has 2 aliphatic carbocycles. The molecule has 0 aromatic rings. The van der Waals surface area contributed by atoms with Crippen LogP contribution in [0.3, 0.4) is 0 Å². The van der Waals surface area contributed by atoms with Crippen molar-refractivity contribution in [2.75, 3.05) is 6.61 Å². The van der Waals surface area contributed by atoms with Crippen LogP contribution in [-0.4, -0.2) is 22.8 Å². The molecule has 130 valence electrons. The van der Waals surface area contributed by atoms with Gasteiger partial charge in [-0.2, -0.15) is 0 Å². The SMILES string of the molecule is C=C1CC[C@H]2[C@](C)(CCC[C@]2(C)C(=O)O)[C@@H]1CC/C(C)=C/CO. The molecule has 0 radical (unpaired) electrons. The standard InChI is InChI=1S/C20H32O3/c1-14(10-13-21)6-8-16-15(2)7-9-17-19(16,3)11-5-12-20(17,4)18(22)23/h10,16-17,21H,2,5-9,11-13H2,1,3-4H3,(H,22,23)/b14-10+/t16-,17+,19-,20+/m1/s1. The Labute approximate surface area is 140 Å². The maximum Gasteiger partial charge on any atom is 0.309 e. The van der Waals surface area contributed by atoms with Crippen LogP contribution in [0.1, 0.15) is 65.7 Å². The van der Waals surface area contributed by atoms with Crippen molar-refractivity contribution >= 4 is 5.97 Å². The summed E-state index contributed by atoms with van der Waals surface area (Å²) >= 11 is 0. The number of aliphatic carboxylic acids is 1. The van der Waals surface area contributed by atoms with Crippen molar-refractivity contribution in [1.82, 2.24) is 0 Å². The van der Waals surface area contributed by atoms with Gasteiger partial charge in [-0.25, -0.2) is 0 Å². The summed E-state index contributed by atoms with van der Waals surface area (Å²) in [7, 11) is 0. The van der Waals surface area contributed by atoms with E-state index in [2.05, 4.69) is 20.4 Å². The van der Waals surface area contributed by atoms with Gasteiger partial charge in [0.15, 0.2) is 0 Å². The van der Waals surface area contributed by atoms with Crippen LogP contribution in [0.2, 0.25) is 0 Å². The highest BCUT2D eigenvalue weighted by Gasteiger charge is 2.57. The Kier molecular flexibility index (Phi) is 5.40. The van der Waals surface area contributed by atoms with Crippen LogP contribution >= 0.6 is 0 Å². The average molecular weight is 320 g/mol. The Balaban J connectivity index is 2.26. The summed E-state index contributed by atoms with van der Waals surface area (Å²) in [5, 5.41) is 18.9. The quantitative estimate of drug-likeness (QED) is 0.730. The largest absolute Gasteiger partial charge is 0.481 e. The third-order valence-corrected chi connectivity index (χ3v) is 6.78. The highest BCUT2D eigenvalue weighted by Crippen LogP contribution is 2.62. The highest BCUT2D eigenvalue weighted by atomic mass is 16.4. The number of aliphatic hydroxyl groups is 1. The number of aliphatic hydroxyl groups excluding tert-OH is 1. The molecule has 0 amide bonds. The van der Waals surface area contributed by atoms with Crippen molar-refractivity contribution in [3.05, 3.63) is 23.8 Å². The minimum absolute atomic E-state index is 0.0419. The molecule has 0 unspecified atom stereocenters. The Hall–Kier alpha value is -1.09. The second kappa shape index (κ2) is 6.80. The highest BCUT2D eigenvalue weighted by molar-refractivity contribution is 5.75. The molecule has 0 spiro atoms. The molecule has 2 N–H and O–H groups in total. The topological polar surface area (TPSA) is 57.5 Å². The van der Waals surface area contributed by atoms with Gasteiger partial charge in [0.2, 0.25) is 0 Å². The first-order valence-electron chi connectivity index (χ1n) is 8.93. The Bertz CT molecular complexity index is 507. The molecule has 0 heterocycles. The number of hydrogen-bond acceptors (Lipinski definition) is 2. The fraction of sp³-hybridized carbons (Fsp3) is 0.750. The van der Waals surface area contributed by atoms with Gasteiger partial charge in [-0.15, -0.1) is 0 Å². The van der Waals surface area contributed by atoms with E-state index in [1.807, 2.05) is 13.0 Å². The van der Waals surface area contributed by atoms with E-state index in [9.17, 15) is 9.90 Å². The van der Waals surface area contributed by atoms with Gasteiger partial charge >= 0.3 is 5.97 Å². The normalized spacial score (nSPS) is 38.3. The molecule has 0 aliphatic heterocycles. The minimum atomic E-state index is -0.629. The second-order valence-corrected chi connectivity index (χ2v) is 8.16. The second-order valence-electron chi connectivity index (χ2n) is 8.16. The molecule has 0 saturated heterocycles. The third-order valence-electron chi connectivity index (χ3n) is 6.78. The lowest BCUT2D eigenvalue weighted by molar-refractivity contribution is -0.164. The summed E-state index contributed by atoms with van der Waals surface area (Å²) in [6, 6.07) is 0. The molecule has 2 rings (SSSR count). The van der Waals surface area contributed by atoms with Gasteiger partial charge < -0.3 is 10.2 Å². The van der Waals surface area contributed by atoms with E-state index in [-0.39, 0.29) is 17.9 Å². The Morgan fingerprint density at radius 1 is 1.39 bits per heavy atom. The van der Waals surface area contributed by atoms with Gasteiger partial charge in [-0.1, -0.05) is 37.1 Å². The first-order valence-corrected chi connectivity index (χ1v) is 8.93. The van der Waals surface area contributed by atoms with E-state index in [1.54, 1.807) is 0 Å². The van der Waals surface area contributed by atoms with Gasteiger partial charge in [0.1, 0.15) is 0 Å².